The average Bonchev–Trinajstić information content (AvgIpc) is 3.60. The molecule has 268 valence electrons. The van der Waals surface area contributed by atoms with Crippen molar-refractivity contribution in [1.29, 1.82) is 0 Å². The summed E-state index contributed by atoms with van der Waals surface area (Å²) in [5.74, 6) is -0.577. The standard InChI is InChI=1S/C38H44N6O7/c1-37(2,3)51-36(50)42(4)21-26-8-5-6-9-27(26)22-44(33(46)24-13-16-43(17-14-24)35(48)49)23-31(45)40-29-12-11-25-19-38(20-28(25)18-29)30-10-7-15-39-32(30)41-34(38)47/h5-12,15,18,24H,13-14,16-17,19-23H2,1-4H3,(H,40,45)(H,48,49)(H,39,41,47). The lowest BCUT2D eigenvalue weighted by Gasteiger charge is -2.33. The van der Waals surface area contributed by atoms with E-state index in [0.29, 0.717) is 37.2 Å². The Hall–Kier alpha value is -5.46. The number of rotatable bonds is 8. The Kier molecular flexibility index (Phi) is 9.74. The summed E-state index contributed by atoms with van der Waals surface area (Å²) >= 11 is 0. The van der Waals surface area contributed by atoms with Gasteiger partial charge in [0, 0.05) is 56.6 Å². The largest absolute Gasteiger partial charge is 0.465 e. The molecular formula is C38H44N6O7. The molecule has 1 spiro atoms. The maximum Gasteiger partial charge on any atom is 0.410 e. The first-order valence-electron chi connectivity index (χ1n) is 17.2. The number of aromatic nitrogens is 1. The minimum absolute atomic E-state index is 0.0844. The van der Waals surface area contributed by atoms with Crippen LogP contribution in [0.5, 0.6) is 0 Å². The van der Waals surface area contributed by atoms with E-state index in [1.54, 1.807) is 34.0 Å². The van der Waals surface area contributed by atoms with Crippen molar-refractivity contribution in [2.75, 3.05) is 37.3 Å². The molecule has 1 aromatic heterocycles. The van der Waals surface area contributed by atoms with Gasteiger partial charge in [0.1, 0.15) is 18.0 Å². The van der Waals surface area contributed by atoms with Gasteiger partial charge in [-0.15, -0.1) is 0 Å². The molecule has 2 aromatic carbocycles. The molecule has 1 saturated heterocycles. The maximum atomic E-state index is 14.0. The molecule has 1 fully saturated rings. The number of anilines is 2. The Morgan fingerprint density at radius 1 is 1.00 bits per heavy atom. The van der Waals surface area contributed by atoms with Crippen LogP contribution in [-0.2, 0) is 50.5 Å². The van der Waals surface area contributed by atoms with E-state index >= 15 is 0 Å². The van der Waals surface area contributed by atoms with E-state index in [2.05, 4.69) is 15.6 Å². The first-order valence-corrected chi connectivity index (χ1v) is 17.2. The molecule has 0 bridgehead atoms. The van der Waals surface area contributed by atoms with Crippen LogP contribution in [0.3, 0.4) is 0 Å². The van der Waals surface area contributed by atoms with Gasteiger partial charge in [-0.1, -0.05) is 36.4 Å². The second-order valence-corrected chi connectivity index (χ2v) is 14.7. The van der Waals surface area contributed by atoms with Crippen molar-refractivity contribution in [3.8, 4) is 0 Å². The lowest BCUT2D eigenvalue weighted by molar-refractivity contribution is -0.140. The first kappa shape index (κ1) is 35.4. The van der Waals surface area contributed by atoms with Gasteiger partial charge in [0.25, 0.3) is 0 Å². The van der Waals surface area contributed by atoms with Crippen molar-refractivity contribution < 1.29 is 33.8 Å². The number of pyridine rings is 1. The van der Waals surface area contributed by atoms with Crippen LogP contribution in [0.25, 0.3) is 0 Å². The third-order valence-corrected chi connectivity index (χ3v) is 9.82. The summed E-state index contributed by atoms with van der Waals surface area (Å²) < 4.78 is 5.52. The van der Waals surface area contributed by atoms with Gasteiger partial charge in [-0.05, 0) is 86.9 Å². The third kappa shape index (κ3) is 7.67. The van der Waals surface area contributed by atoms with Crippen LogP contribution in [-0.4, -0.2) is 87.0 Å². The lowest BCUT2D eigenvalue weighted by Crippen LogP contribution is -2.46. The number of piperidine rings is 1. The second kappa shape index (κ2) is 14.0. The van der Waals surface area contributed by atoms with Crippen molar-refractivity contribution in [2.45, 2.75) is 70.6 Å². The molecule has 2 aliphatic heterocycles. The average molecular weight is 697 g/mol. The number of hydrogen-bond acceptors (Lipinski definition) is 7. The van der Waals surface area contributed by atoms with Gasteiger partial charge in [0.05, 0.1) is 5.41 Å². The molecule has 6 rings (SSSR count). The predicted molar refractivity (Wildman–Crippen MR) is 189 cm³/mol. The number of amides is 5. The maximum absolute atomic E-state index is 14.0. The fourth-order valence-electron chi connectivity index (χ4n) is 7.24. The number of carbonyl (C=O) groups is 5. The van der Waals surface area contributed by atoms with E-state index in [-0.39, 0.29) is 44.5 Å². The number of hydrogen-bond donors (Lipinski definition) is 3. The molecule has 3 heterocycles. The molecular weight excluding hydrogens is 652 g/mol. The van der Waals surface area contributed by atoms with E-state index < -0.39 is 35.0 Å². The van der Waals surface area contributed by atoms with Crippen LogP contribution in [0.1, 0.15) is 61.4 Å². The summed E-state index contributed by atoms with van der Waals surface area (Å²) in [6, 6.07) is 16.8. The molecule has 13 nitrogen and oxygen atoms in total. The van der Waals surface area contributed by atoms with Crippen LogP contribution in [0.15, 0.2) is 60.8 Å². The number of carboxylic acid groups (broad SMARTS) is 1. The van der Waals surface area contributed by atoms with E-state index in [1.807, 2.05) is 54.6 Å². The summed E-state index contributed by atoms with van der Waals surface area (Å²) in [4.78, 5) is 73.7. The molecule has 1 atom stereocenters. The molecule has 51 heavy (non-hydrogen) atoms. The van der Waals surface area contributed by atoms with E-state index in [9.17, 15) is 29.1 Å². The molecule has 3 aromatic rings. The number of ether oxygens (including phenoxy) is 1. The van der Waals surface area contributed by atoms with Gasteiger partial charge >= 0.3 is 12.2 Å². The monoisotopic (exact) mass is 696 g/mol. The molecule has 0 saturated carbocycles. The highest BCUT2D eigenvalue weighted by Gasteiger charge is 2.51. The zero-order chi connectivity index (χ0) is 36.5. The molecule has 3 aliphatic rings. The minimum Gasteiger partial charge on any atom is -0.465 e. The Balaban J connectivity index is 1.19. The van der Waals surface area contributed by atoms with Crippen molar-refractivity contribution in [2.24, 2.45) is 5.92 Å². The Labute approximate surface area is 297 Å². The van der Waals surface area contributed by atoms with Gasteiger partial charge in [-0.25, -0.2) is 14.6 Å². The first-order chi connectivity index (χ1) is 24.2. The smallest absolute Gasteiger partial charge is 0.410 e. The van der Waals surface area contributed by atoms with Gasteiger partial charge in [-0.3, -0.25) is 14.4 Å². The summed E-state index contributed by atoms with van der Waals surface area (Å²) in [6.07, 6.45) is 1.87. The Morgan fingerprint density at radius 3 is 2.37 bits per heavy atom. The van der Waals surface area contributed by atoms with E-state index in [0.717, 1.165) is 27.8 Å². The van der Waals surface area contributed by atoms with Gasteiger partial charge < -0.3 is 35.2 Å². The number of nitrogens with zero attached hydrogens (tertiary/aromatic N) is 4. The highest BCUT2D eigenvalue weighted by atomic mass is 16.6. The van der Waals surface area contributed by atoms with Crippen LogP contribution < -0.4 is 10.6 Å². The Bertz CT molecular complexity index is 1870. The SMILES string of the molecule is CN(Cc1ccccc1CN(CC(=O)Nc1ccc2c(c1)CC1(C2)C(=O)Nc2ncccc21)C(=O)C1CCN(C(=O)O)CC1)C(=O)OC(C)(C)C. The molecule has 1 unspecified atom stereocenters. The summed E-state index contributed by atoms with van der Waals surface area (Å²) in [7, 11) is 1.64. The van der Waals surface area contributed by atoms with Crippen LogP contribution in [0, 0.1) is 5.92 Å². The van der Waals surface area contributed by atoms with E-state index in [1.165, 1.54) is 14.7 Å². The number of carbonyl (C=O) groups excluding carboxylic acids is 4. The van der Waals surface area contributed by atoms with Gasteiger partial charge in [0.2, 0.25) is 17.7 Å². The number of fused-ring (bicyclic) bond motifs is 3. The van der Waals surface area contributed by atoms with Crippen LogP contribution >= 0.6 is 0 Å². The highest BCUT2D eigenvalue weighted by molar-refractivity contribution is 6.06. The number of likely N-dealkylation sites (tertiary alicyclic amines) is 1. The summed E-state index contributed by atoms with van der Waals surface area (Å²) in [6.45, 7) is 5.96. The molecule has 13 heteroatoms. The number of benzene rings is 2. The Morgan fingerprint density at radius 2 is 1.69 bits per heavy atom. The second-order valence-electron chi connectivity index (χ2n) is 14.7. The highest BCUT2D eigenvalue weighted by Crippen LogP contribution is 2.47. The topological polar surface area (TPSA) is 161 Å². The van der Waals surface area contributed by atoms with Gasteiger partial charge in [0.15, 0.2) is 0 Å². The lowest BCUT2D eigenvalue weighted by atomic mass is 9.79. The summed E-state index contributed by atoms with van der Waals surface area (Å²) in [5.41, 5.74) is 3.58. The quantitative estimate of drug-likeness (QED) is 0.303. The fraction of sp³-hybridized carbons (Fsp3) is 0.421. The zero-order valence-electron chi connectivity index (χ0n) is 29.4. The van der Waals surface area contributed by atoms with E-state index in [4.69, 9.17) is 4.74 Å². The van der Waals surface area contributed by atoms with Crippen molar-refractivity contribution in [3.63, 3.8) is 0 Å². The van der Waals surface area contributed by atoms with Crippen molar-refractivity contribution in [3.05, 3.63) is 88.6 Å². The van der Waals surface area contributed by atoms with Crippen molar-refractivity contribution >= 4 is 41.4 Å². The fourth-order valence-corrected chi connectivity index (χ4v) is 7.24. The van der Waals surface area contributed by atoms with Crippen LogP contribution in [0.2, 0.25) is 0 Å². The number of nitrogens with one attached hydrogen (secondary N) is 2. The van der Waals surface area contributed by atoms with Crippen LogP contribution in [0.4, 0.5) is 21.1 Å². The zero-order valence-corrected chi connectivity index (χ0v) is 29.4. The van der Waals surface area contributed by atoms with Gasteiger partial charge in [-0.2, -0.15) is 0 Å². The summed E-state index contributed by atoms with van der Waals surface area (Å²) in [5, 5.41) is 15.3. The minimum atomic E-state index is -1.02. The third-order valence-electron chi connectivity index (χ3n) is 9.82. The molecule has 3 N–H and O–H groups in total. The normalized spacial score (nSPS) is 18.1. The molecule has 5 amide bonds. The predicted octanol–water partition coefficient (Wildman–Crippen LogP) is 4.79. The van der Waals surface area contributed by atoms with Crippen molar-refractivity contribution in [1.82, 2.24) is 19.7 Å². The molecule has 1 aliphatic carbocycles. The molecule has 0 radical (unpaired) electrons.